The Morgan fingerprint density at radius 3 is 2.26 bits per heavy atom. The minimum Gasteiger partial charge on any atom is -0.493 e. The molecule has 2 aromatic rings. The van der Waals surface area contributed by atoms with Crippen molar-refractivity contribution in [3.8, 4) is 17.2 Å². The molecule has 0 aromatic heterocycles. The number of hydrogen-bond acceptors (Lipinski definition) is 6. The maximum atomic E-state index is 11.1. The summed E-state index contributed by atoms with van der Waals surface area (Å²) in [5.74, 6) is 0.482. The monoisotopic (exact) mass is 316 g/mol. The van der Waals surface area contributed by atoms with Crippen LogP contribution < -0.4 is 9.47 Å². The normalized spacial score (nSPS) is 9.96. The number of ether oxygens (including phenoxy) is 2. The minimum atomic E-state index is -0.743. The maximum absolute atomic E-state index is 11.1. The molecular weight excluding hydrogens is 304 g/mol. The van der Waals surface area contributed by atoms with Crippen LogP contribution in [0.5, 0.6) is 17.2 Å². The smallest absolute Gasteiger partial charge is 0.318 e. The number of nitro groups is 2. The fourth-order valence-corrected chi connectivity index (χ4v) is 1.86. The van der Waals surface area contributed by atoms with Gasteiger partial charge in [-0.05, 0) is 23.8 Å². The number of hydrogen-bond donors (Lipinski definition) is 0. The van der Waals surface area contributed by atoms with Crippen molar-refractivity contribution in [1.82, 2.24) is 0 Å². The summed E-state index contributed by atoms with van der Waals surface area (Å²) < 4.78 is 10.7. The van der Waals surface area contributed by atoms with E-state index in [1.165, 1.54) is 13.2 Å². The molecule has 0 unspecified atom stereocenters. The third kappa shape index (κ3) is 3.43. The molecule has 8 heteroatoms. The van der Waals surface area contributed by atoms with E-state index >= 15 is 0 Å². The molecule has 0 aliphatic carbocycles. The van der Waals surface area contributed by atoms with E-state index in [-0.39, 0.29) is 11.5 Å². The Labute approximate surface area is 130 Å². The number of nitro benzene ring substituents is 2. The third-order valence-electron chi connectivity index (χ3n) is 2.99. The van der Waals surface area contributed by atoms with Crippen molar-refractivity contribution in [3.63, 3.8) is 0 Å². The Balaban J connectivity index is 2.45. The largest absolute Gasteiger partial charge is 0.493 e. The lowest BCUT2D eigenvalue weighted by molar-refractivity contribution is -0.394. The molecule has 0 aliphatic heterocycles. The standard InChI is InChI=1S/C15H12N2O6/c1-3-10-4-6-14(15(8-10)22-2)23-13-7-5-11(16(18)19)9-12(13)17(20)21/h3-9H,1H2,2H3. The zero-order chi connectivity index (χ0) is 17.0. The van der Waals surface area contributed by atoms with Gasteiger partial charge in [-0.25, -0.2) is 0 Å². The Morgan fingerprint density at radius 2 is 1.70 bits per heavy atom. The van der Waals surface area contributed by atoms with Gasteiger partial charge in [-0.3, -0.25) is 20.2 Å². The SMILES string of the molecule is C=Cc1ccc(Oc2ccc([N+](=O)[O-])cc2[N+](=O)[O-])c(OC)c1. The second kappa shape index (κ2) is 6.56. The number of methoxy groups -OCH3 is 1. The first-order valence-corrected chi connectivity index (χ1v) is 6.37. The maximum Gasteiger partial charge on any atom is 0.318 e. The summed E-state index contributed by atoms with van der Waals surface area (Å²) in [6, 6.07) is 8.08. The van der Waals surface area contributed by atoms with Crippen molar-refractivity contribution < 1.29 is 19.3 Å². The molecule has 0 saturated heterocycles. The molecule has 0 heterocycles. The van der Waals surface area contributed by atoms with Crippen LogP contribution in [-0.4, -0.2) is 17.0 Å². The van der Waals surface area contributed by atoms with Gasteiger partial charge >= 0.3 is 5.69 Å². The first-order chi connectivity index (χ1) is 11.0. The summed E-state index contributed by atoms with van der Waals surface area (Å²) in [4.78, 5) is 20.4. The summed E-state index contributed by atoms with van der Waals surface area (Å²) >= 11 is 0. The molecule has 23 heavy (non-hydrogen) atoms. The van der Waals surface area contributed by atoms with Crippen molar-refractivity contribution in [2.45, 2.75) is 0 Å². The second-order valence-electron chi connectivity index (χ2n) is 4.38. The number of nitrogens with zero attached hydrogens (tertiary/aromatic N) is 2. The lowest BCUT2D eigenvalue weighted by atomic mass is 10.2. The quantitative estimate of drug-likeness (QED) is 0.590. The molecule has 0 amide bonds. The number of rotatable bonds is 6. The second-order valence-corrected chi connectivity index (χ2v) is 4.38. The highest BCUT2D eigenvalue weighted by Gasteiger charge is 2.22. The fourth-order valence-electron chi connectivity index (χ4n) is 1.86. The van der Waals surface area contributed by atoms with Crippen LogP contribution in [0.4, 0.5) is 11.4 Å². The van der Waals surface area contributed by atoms with Crippen molar-refractivity contribution in [3.05, 3.63) is 68.8 Å². The van der Waals surface area contributed by atoms with Crippen LogP contribution in [0.3, 0.4) is 0 Å². The van der Waals surface area contributed by atoms with Gasteiger partial charge in [0.05, 0.1) is 23.0 Å². The Hall–Kier alpha value is -3.42. The molecule has 0 spiro atoms. The molecule has 0 atom stereocenters. The van der Waals surface area contributed by atoms with Crippen molar-refractivity contribution in [1.29, 1.82) is 0 Å². The third-order valence-corrected chi connectivity index (χ3v) is 2.99. The molecule has 0 N–H and O–H groups in total. The van der Waals surface area contributed by atoms with Gasteiger partial charge in [-0.15, -0.1) is 0 Å². The van der Waals surface area contributed by atoms with E-state index in [1.54, 1.807) is 24.3 Å². The van der Waals surface area contributed by atoms with Gasteiger partial charge in [0.2, 0.25) is 5.75 Å². The van der Waals surface area contributed by atoms with Crippen LogP contribution in [0.15, 0.2) is 43.0 Å². The van der Waals surface area contributed by atoms with E-state index in [0.29, 0.717) is 5.75 Å². The summed E-state index contributed by atoms with van der Waals surface area (Å²) in [5.41, 5.74) is -0.112. The lowest BCUT2D eigenvalue weighted by Crippen LogP contribution is -1.97. The van der Waals surface area contributed by atoms with E-state index in [4.69, 9.17) is 9.47 Å². The minimum absolute atomic E-state index is 0.120. The fraction of sp³-hybridized carbons (Fsp3) is 0.0667. The molecule has 2 aromatic carbocycles. The number of benzene rings is 2. The molecular formula is C15H12N2O6. The van der Waals surface area contributed by atoms with Gasteiger partial charge in [-0.1, -0.05) is 18.7 Å². The highest BCUT2D eigenvalue weighted by Crippen LogP contribution is 2.38. The molecule has 0 radical (unpaired) electrons. The van der Waals surface area contributed by atoms with E-state index in [0.717, 1.165) is 17.7 Å². The highest BCUT2D eigenvalue weighted by atomic mass is 16.6. The molecule has 0 fully saturated rings. The van der Waals surface area contributed by atoms with Crippen LogP contribution in [-0.2, 0) is 0 Å². The molecule has 118 valence electrons. The van der Waals surface area contributed by atoms with Crippen molar-refractivity contribution in [2.75, 3.05) is 7.11 Å². The van der Waals surface area contributed by atoms with Crippen LogP contribution in [0.2, 0.25) is 0 Å². The first kappa shape index (κ1) is 16.0. The summed E-state index contributed by atoms with van der Waals surface area (Å²) in [6.45, 7) is 3.63. The topological polar surface area (TPSA) is 105 Å². The zero-order valence-electron chi connectivity index (χ0n) is 12.1. The van der Waals surface area contributed by atoms with Crippen LogP contribution in [0.25, 0.3) is 6.08 Å². The van der Waals surface area contributed by atoms with E-state index in [9.17, 15) is 20.2 Å². The van der Waals surface area contributed by atoms with Crippen LogP contribution in [0.1, 0.15) is 5.56 Å². The average molecular weight is 316 g/mol. The Kier molecular flexibility index (Phi) is 4.55. The van der Waals surface area contributed by atoms with Gasteiger partial charge in [0.25, 0.3) is 5.69 Å². The Bertz CT molecular complexity index is 788. The van der Waals surface area contributed by atoms with Crippen LogP contribution in [0, 0.1) is 20.2 Å². The molecule has 2 rings (SSSR count). The van der Waals surface area contributed by atoms with Crippen LogP contribution >= 0.6 is 0 Å². The molecule has 0 saturated carbocycles. The predicted molar refractivity (Wildman–Crippen MR) is 82.9 cm³/mol. The van der Waals surface area contributed by atoms with Gasteiger partial charge in [0.1, 0.15) is 0 Å². The lowest BCUT2D eigenvalue weighted by Gasteiger charge is -2.11. The van der Waals surface area contributed by atoms with E-state index < -0.39 is 21.2 Å². The summed E-state index contributed by atoms with van der Waals surface area (Å²) in [6.07, 6.45) is 1.61. The predicted octanol–water partition coefficient (Wildman–Crippen LogP) is 3.95. The van der Waals surface area contributed by atoms with Gasteiger partial charge in [0.15, 0.2) is 11.5 Å². The number of non-ortho nitro benzene ring substituents is 1. The van der Waals surface area contributed by atoms with E-state index in [1.807, 2.05) is 0 Å². The summed E-state index contributed by atoms with van der Waals surface area (Å²) in [7, 11) is 1.43. The molecule has 0 aliphatic rings. The average Bonchev–Trinajstić information content (AvgIpc) is 2.55. The van der Waals surface area contributed by atoms with E-state index in [2.05, 4.69) is 6.58 Å². The first-order valence-electron chi connectivity index (χ1n) is 6.37. The highest BCUT2D eigenvalue weighted by molar-refractivity contribution is 5.58. The summed E-state index contributed by atoms with van der Waals surface area (Å²) in [5, 5.41) is 21.8. The van der Waals surface area contributed by atoms with Crippen molar-refractivity contribution >= 4 is 17.5 Å². The molecule has 8 nitrogen and oxygen atoms in total. The van der Waals surface area contributed by atoms with Gasteiger partial charge in [-0.2, -0.15) is 0 Å². The zero-order valence-corrected chi connectivity index (χ0v) is 12.1. The molecule has 0 bridgehead atoms. The van der Waals surface area contributed by atoms with Gasteiger partial charge < -0.3 is 9.47 Å². The van der Waals surface area contributed by atoms with Crippen molar-refractivity contribution in [2.24, 2.45) is 0 Å². The Morgan fingerprint density at radius 1 is 1.00 bits per heavy atom. The van der Waals surface area contributed by atoms with Gasteiger partial charge in [0, 0.05) is 6.07 Å².